The molecular formula is C12H11N3O3S2. The Hall–Kier alpha value is -1.93. The van der Waals surface area contributed by atoms with Gasteiger partial charge >= 0.3 is 0 Å². The van der Waals surface area contributed by atoms with Crippen LogP contribution >= 0.6 is 23.1 Å². The van der Waals surface area contributed by atoms with Crippen molar-refractivity contribution in [3.63, 3.8) is 0 Å². The van der Waals surface area contributed by atoms with E-state index in [0.29, 0.717) is 15.7 Å². The highest BCUT2D eigenvalue weighted by Crippen LogP contribution is 2.18. The zero-order chi connectivity index (χ0) is 14.4. The predicted molar refractivity (Wildman–Crippen MR) is 76.1 cm³/mol. The summed E-state index contributed by atoms with van der Waals surface area (Å²) in [4.78, 5) is 23.4. The molecule has 104 valence electrons. The molecule has 0 aliphatic rings. The molecular weight excluding hydrogens is 298 g/mol. The van der Waals surface area contributed by atoms with E-state index in [1.807, 2.05) is 0 Å². The average molecular weight is 309 g/mol. The topological polar surface area (TPSA) is 81.2 Å². The van der Waals surface area contributed by atoms with Crippen LogP contribution in [0.4, 0.5) is 0 Å². The maximum absolute atomic E-state index is 11.8. The van der Waals surface area contributed by atoms with Gasteiger partial charge < -0.3 is 4.74 Å². The summed E-state index contributed by atoms with van der Waals surface area (Å²) in [6.45, 7) is 0. The highest BCUT2D eigenvalue weighted by atomic mass is 32.2. The molecule has 6 nitrogen and oxygen atoms in total. The summed E-state index contributed by atoms with van der Waals surface area (Å²) >= 11 is 2.59. The van der Waals surface area contributed by atoms with Crippen molar-refractivity contribution in [1.29, 1.82) is 0 Å². The van der Waals surface area contributed by atoms with Crippen LogP contribution in [0, 0.1) is 0 Å². The van der Waals surface area contributed by atoms with Crippen molar-refractivity contribution in [3.8, 4) is 5.75 Å². The van der Waals surface area contributed by atoms with Gasteiger partial charge in [-0.2, -0.15) is 0 Å². The molecule has 0 bridgehead atoms. The third-order valence-corrected chi connectivity index (χ3v) is 4.13. The van der Waals surface area contributed by atoms with Gasteiger partial charge in [0.15, 0.2) is 4.34 Å². The molecule has 0 saturated carbocycles. The summed E-state index contributed by atoms with van der Waals surface area (Å²) in [6, 6.07) is 6.52. The molecule has 1 N–H and O–H groups in total. The highest BCUT2D eigenvalue weighted by molar-refractivity contribution is 8.01. The lowest BCUT2D eigenvalue weighted by Crippen LogP contribution is -2.31. The molecule has 1 aromatic heterocycles. The van der Waals surface area contributed by atoms with Crippen molar-refractivity contribution >= 4 is 34.9 Å². The number of imide groups is 1. The van der Waals surface area contributed by atoms with E-state index in [9.17, 15) is 9.59 Å². The van der Waals surface area contributed by atoms with Gasteiger partial charge in [-0.25, -0.2) is 0 Å². The smallest absolute Gasteiger partial charge is 0.257 e. The largest absolute Gasteiger partial charge is 0.497 e. The van der Waals surface area contributed by atoms with Gasteiger partial charge in [-0.1, -0.05) is 23.1 Å². The minimum atomic E-state index is -0.435. The van der Waals surface area contributed by atoms with Crippen LogP contribution in [-0.2, 0) is 4.79 Å². The Bertz CT molecular complexity index is 585. The first kappa shape index (κ1) is 14.5. The second kappa shape index (κ2) is 7.01. The Kier molecular flexibility index (Phi) is 5.08. The summed E-state index contributed by atoms with van der Waals surface area (Å²) in [7, 11) is 1.54. The average Bonchev–Trinajstić information content (AvgIpc) is 2.98. The number of nitrogens with zero attached hydrogens (tertiary/aromatic N) is 2. The van der Waals surface area contributed by atoms with Gasteiger partial charge in [0.25, 0.3) is 5.91 Å². The molecule has 0 spiro atoms. The number of methoxy groups -OCH3 is 1. The van der Waals surface area contributed by atoms with Crippen LogP contribution in [0.1, 0.15) is 10.4 Å². The minimum Gasteiger partial charge on any atom is -0.497 e. The number of aromatic nitrogens is 2. The Labute approximate surface area is 123 Å². The van der Waals surface area contributed by atoms with Gasteiger partial charge in [-0.3, -0.25) is 14.9 Å². The number of benzene rings is 1. The predicted octanol–water partition coefficient (Wildman–Crippen LogP) is 1.60. The first-order valence-corrected chi connectivity index (χ1v) is 7.43. The van der Waals surface area contributed by atoms with Gasteiger partial charge in [0.2, 0.25) is 5.91 Å². The van der Waals surface area contributed by atoms with Crippen LogP contribution in [-0.4, -0.2) is 34.9 Å². The lowest BCUT2D eigenvalue weighted by atomic mass is 10.2. The van der Waals surface area contributed by atoms with E-state index in [-0.39, 0.29) is 11.7 Å². The van der Waals surface area contributed by atoms with Gasteiger partial charge in [0.1, 0.15) is 11.3 Å². The van der Waals surface area contributed by atoms with Crippen molar-refractivity contribution in [2.45, 2.75) is 4.34 Å². The van der Waals surface area contributed by atoms with Crippen LogP contribution in [0.2, 0.25) is 0 Å². The lowest BCUT2D eigenvalue weighted by Gasteiger charge is -2.04. The number of ether oxygens (including phenoxy) is 1. The number of rotatable bonds is 5. The lowest BCUT2D eigenvalue weighted by molar-refractivity contribution is -0.117. The molecule has 1 aromatic carbocycles. The minimum absolute atomic E-state index is 0.122. The van der Waals surface area contributed by atoms with Crippen molar-refractivity contribution in [2.75, 3.05) is 12.9 Å². The van der Waals surface area contributed by atoms with E-state index in [2.05, 4.69) is 15.5 Å². The molecule has 20 heavy (non-hydrogen) atoms. The van der Waals surface area contributed by atoms with Crippen LogP contribution in [0.5, 0.6) is 5.75 Å². The number of carbonyl (C=O) groups is 2. The molecule has 0 saturated heterocycles. The number of carbonyl (C=O) groups excluding carboxylic acids is 2. The van der Waals surface area contributed by atoms with E-state index in [0.717, 1.165) is 0 Å². The van der Waals surface area contributed by atoms with E-state index in [1.165, 1.54) is 23.1 Å². The van der Waals surface area contributed by atoms with Gasteiger partial charge in [-0.05, 0) is 24.3 Å². The number of hydrogen-bond donors (Lipinski definition) is 1. The quantitative estimate of drug-likeness (QED) is 0.845. The number of amides is 2. The summed E-state index contributed by atoms with van der Waals surface area (Å²) < 4.78 is 5.69. The summed E-state index contributed by atoms with van der Waals surface area (Å²) in [5.41, 5.74) is 1.99. The molecule has 8 heteroatoms. The molecule has 0 fully saturated rings. The fourth-order valence-corrected chi connectivity index (χ4v) is 2.62. The maximum Gasteiger partial charge on any atom is 0.257 e. The van der Waals surface area contributed by atoms with E-state index < -0.39 is 5.91 Å². The van der Waals surface area contributed by atoms with Crippen LogP contribution < -0.4 is 10.1 Å². The van der Waals surface area contributed by atoms with Crippen molar-refractivity contribution in [3.05, 3.63) is 35.3 Å². The van der Waals surface area contributed by atoms with Crippen molar-refractivity contribution < 1.29 is 14.3 Å². The fraction of sp³-hybridized carbons (Fsp3) is 0.167. The zero-order valence-corrected chi connectivity index (χ0v) is 12.2. The standard InChI is InChI=1S/C12H11N3O3S2/c1-18-9-4-2-8(3-5-9)11(17)14-10(16)6-19-12-15-13-7-20-12/h2-5,7H,6H2,1H3,(H,14,16,17). The molecule has 0 radical (unpaired) electrons. The van der Waals surface area contributed by atoms with Gasteiger partial charge in [-0.15, -0.1) is 10.2 Å². The molecule has 2 rings (SSSR count). The molecule has 0 atom stereocenters. The van der Waals surface area contributed by atoms with Crippen molar-refractivity contribution in [1.82, 2.24) is 15.5 Å². The number of nitrogens with one attached hydrogen (secondary N) is 1. The molecule has 0 unspecified atom stereocenters. The second-order valence-corrected chi connectivity index (χ2v) is 5.65. The molecule has 2 aromatic rings. The monoisotopic (exact) mass is 309 g/mol. The van der Waals surface area contributed by atoms with E-state index in [1.54, 1.807) is 36.9 Å². The van der Waals surface area contributed by atoms with E-state index >= 15 is 0 Å². The van der Waals surface area contributed by atoms with E-state index in [4.69, 9.17) is 4.74 Å². The molecule has 2 amide bonds. The Balaban J connectivity index is 1.85. The first-order chi connectivity index (χ1) is 9.69. The van der Waals surface area contributed by atoms with Crippen LogP contribution in [0.25, 0.3) is 0 Å². The third-order valence-electron chi connectivity index (χ3n) is 2.27. The molecule has 0 aliphatic heterocycles. The zero-order valence-electron chi connectivity index (χ0n) is 10.5. The Morgan fingerprint density at radius 3 is 2.70 bits per heavy atom. The first-order valence-electron chi connectivity index (χ1n) is 5.56. The maximum atomic E-state index is 11.8. The van der Waals surface area contributed by atoms with Crippen LogP contribution in [0.3, 0.4) is 0 Å². The highest BCUT2D eigenvalue weighted by Gasteiger charge is 2.11. The normalized spacial score (nSPS) is 10.1. The van der Waals surface area contributed by atoms with Gasteiger partial charge in [0, 0.05) is 5.56 Å². The molecule has 1 heterocycles. The summed E-state index contributed by atoms with van der Waals surface area (Å²) in [5.74, 6) is -0.0295. The summed E-state index contributed by atoms with van der Waals surface area (Å²) in [5, 5.41) is 9.77. The number of thioether (sulfide) groups is 1. The summed E-state index contributed by atoms with van der Waals surface area (Å²) in [6.07, 6.45) is 0. The Morgan fingerprint density at radius 1 is 1.35 bits per heavy atom. The van der Waals surface area contributed by atoms with Crippen LogP contribution in [0.15, 0.2) is 34.1 Å². The fourth-order valence-electron chi connectivity index (χ4n) is 1.33. The van der Waals surface area contributed by atoms with Gasteiger partial charge in [0.05, 0.1) is 12.9 Å². The molecule has 0 aliphatic carbocycles. The Morgan fingerprint density at radius 2 is 2.10 bits per heavy atom. The second-order valence-electron chi connectivity index (χ2n) is 3.60. The third kappa shape index (κ3) is 4.04. The number of hydrogen-bond acceptors (Lipinski definition) is 7. The van der Waals surface area contributed by atoms with Crippen molar-refractivity contribution in [2.24, 2.45) is 0 Å². The SMILES string of the molecule is COc1ccc(C(=O)NC(=O)CSc2nncs2)cc1.